The molecule has 1 aromatic heterocycles. The largest absolute Gasteiger partial charge is 0.466 e. The van der Waals surface area contributed by atoms with Crippen molar-refractivity contribution in [2.45, 2.75) is 37.6 Å². The van der Waals surface area contributed by atoms with E-state index in [9.17, 15) is 18.0 Å². The van der Waals surface area contributed by atoms with Crippen LogP contribution in [0.2, 0.25) is 0 Å². The van der Waals surface area contributed by atoms with E-state index in [4.69, 9.17) is 4.74 Å². The Hall–Kier alpha value is -2.78. The van der Waals surface area contributed by atoms with Crippen LogP contribution in [0, 0.1) is 5.92 Å². The number of ether oxygens (including phenoxy) is 1. The molecule has 0 radical (unpaired) electrons. The van der Waals surface area contributed by atoms with Crippen LogP contribution in [0.5, 0.6) is 0 Å². The first-order valence-electron chi connectivity index (χ1n) is 10.3. The Morgan fingerprint density at radius 3 is 2.71 bits per heavy atom. The molecule has 2 aromatic rings. The number of aromatic nitrogens is 1. The summed E-state index contributed by atoms with van der Waals surface area (Å²) in [5.74, 6) is -0.364. The van der Waals surface area contributed by atoms with E-state index in [0.29, 0.717) is 12.5 Å². The third-order valence-corrected chi connectivity index (χ3v) is 6.35. The topological polar surface area (TPSA) is 106 Å². The molecule has 9 heteroatoms. The van der Waals surface area contributed by atoms with Crippen LogP contribution in [-0.4, -0.2) is 49.9 Å². The number of rotatable bonds is 11. The van der Waals surface area contributed by atoms with E-state index >= 15 is 0 Å². The average molecular weight is 446 g/mol. The van der Waals surface area contributed by atoms with Gasteiger partial charge in [-0.25, -0.2) is 13.1 Å². The van der Waals surface area contributed by atoms with Crippen molar-refractivity contribution >= 4 is 21.9 Å². The SMILES string of the molecule is CCOC(=O)CCN(Cc1cccnc1)C(=O)c1cccc(S(=O)(=O)NCC2CC2)c1. The Morgan fingerprint density at radius 1 is 1.23 bits per heavy atom. The maximum absolute atomic E-state index is 13.2. The lowest BCUT2D eigenvalue weighted by molar-refractivity contribution is -0.143. The number of amides is 1. The summed E-state index contributed by atoms with van der Waals surface area (Å²) < 4.78 is 32.7. The highest BCUT2D eigenvalue weighted by Gasteiger charge is 2.25. The number of carbonyl (C=O) groups excluding carboxylic acids is 2. The van der Waals surface area contributed by atoms with Crippen molar-refractivity contribution in [3.05, 3.63) is 59.9 Å². The van der Waals surface area contributed by atoms with Crippen molar-refractivity contribution in [2.24, 2.45) is 5.92 Å². The van der Waals surface area contributed by atoms with Gasteiger partial charge in [0.1, 0.15) is 0 Å². The number of sulfonamides is 1. The molecule has 0 atom stereocenters. The summed E-state index contributed by atoms with van der Waals surface area (Å²) in [7, 11) is -3.69. The summed E-state index contributed by atoms with van der Waals surface area (Å²) in [6.45, 7) is 2.78. The summed E-state index contributed by atoms with van der Waals surface area (Å²) in [5, 5.41) is 0. The molecule has 1 amide bonds. The Labute approximate surface area is 182 Å². The molecular weight excluding hydrogens is 418 g/mol. The van der Waals surface area contributed by atoms with Gasteiger partial charge in [-0.15, -0.1) is 0 Å². The zero-order chi connectivity index (χ0) is 22.3. The third-order valence-electron chi connectivity index (χ3n) is 4.92. The molecule has 0 spiro atoms. The van der Waals surface area contributed by atoms with Gasteiger partial charge in [0.05, 0.1) is 17.9 Å². The molecule has 8 nitrogen and oxygen atoms in total. The second kappa shape index (κ2) is 10.5. The number of carbonyl (C=O) groups is 2. The van der Waals surface area contributed by atoms with E-state index in [1.165, 1.54) is 17.0 Å². The molecule has 1 aliphatic carbocycles. The van der Waals surface area contributed by atoms with Gasteiger partial charge in [-0.05, 0) is 55.5 Å². The van der Waals surface area contributed by atoms with E-state index in [2.05, 4.69) is 9.71 Å². The minimum Gasteiger partial charge on any atom is -0.466 e. The summed E-state index contributed by atoms with van der Waals surface area (Å²) in [6, 6.07) is 9.56. The molecule has 0 aliphatic heterocycles. The molecule has 1 saturated carbocycles. The molecule has 0 unspecified atom stereocenters. The number of benzene rings is 1. The number of pyridine rings is 1. The molecule has 1 fully saturated rings. The Balaban J connectivity index is 1.77. The summed E-state index contributed by atoms with van der Waals surface area (Å²) in [4.78, 5) is 30.6. The molecule has 1 aromatic carbocycles. The zero-order valence-corrected chi connectivity index (χ0v) is 18.3. The zero-order valence-electron chi connectivity index (χ0n) is 17.5. The molecular formula is C22H27N3O5S. The Kier molecular flexibility index (Phi) is 7.75. The lowest BCUT2D eigenvalue weighted by Gasteiger charge is -2.23. The molecule has 0 saturated heterocycles. The van der Waals surface area contributed by atoms with Crippen LogP contribution < -0.4 is 4.72 Å². The van der Waals surface area contributed by atoms with Gasteiger partial charge in [0.25, 0.3) is 5.91 Å². The van der Waals surface area contributed by atoms with Crippen molar-refractivity contribution in [1.29, 1.82) is 0 Å². The van der Waals surface area contributed by atoms with Gasteiger partial charge in [-0.3, -0.25) is 14.6 Å². The van der Waals surface area contributed by atoms with Crippen molar-refractivity contribution in [3.63, 3.8) is 0 Å². The highest BCUT2D eigenvalue weighted by atomic mass is 32.2. The van der Waals surface area contributed by atoms with Crippen molar-refractivity contribution in [1.82, 2.24) is 14.6 Å². The van der Waals surface area contributed by atoms with E-state index in [1.54, 1.807) is 37.5 Å². The number of hydrogen-bond donors (Lipinski definition) is 1. The lowest BCUT2D eigenvalue weighted by Crippen LogP contribution is -2.33. The first-order valence-corrected chi connectivity index (χ1v) is 11.8. The predicted molar refractivity (Wildman–Crippen MR) is 115 cm³/mol. The molecule has 1 heterocycles. The van der Waals surface area contributed by atoms with E-state index in [1.807, 2.05) is 6.07 Å². The van der Waals surface area contributed by atoms with Crippen LogP contribution in [0.3, 0.4) is 0 Å². The van der Waals surface area contributed by atoms with Gasteiger partial charge in [0.15, 0.2) is 0 Å². The molecule has 1 N–H and O–H groups in total. The fourth-order valence-corrected chi connectivity index (χ4v) is 4.20. The lowest BCUT2D eigenvalue weighted by atomic mass is 10.1. The number of nitrogens with one attached hydrogen (secondary N) is 1. The van der Waals surface area contributed by atoms with E-state index < -0.39 is 16.0 Å². The van der Waals surface area contributed by atoms with Gasteiger partial charge < -0.3 is 9.64 Å². The molecule has 0 bridgehead atoms. The monoisotopic (exact) mass is 445 g/mol. The highest BCUT2D eigenvalue weighted by Crippen LogP contribution is 2.28. The van der Waals surface area contributed by atoms with Crippen LogP contribution in [0.25, 0.3) is 0 Å². The first kappa shape index (κ1) is 22.9. The van der Waals surface area contributed by atoms with Crippen LogP contribution in [0.15, 0.2) is 53.7 Å². The van der Waals surface area contributed by atoms with Crippen LogP contribution in [0.1, 0.15) is 42.1 Å². The van der Waals surface area contributed by atoms with E-state index in [-0.39, 0.29) is 42.5 Å². The number of hydrogen-bond acceptors (Lipinski definition) is 6. The normalized spacial score (nSPS) is 13.6. The molecule has 166 valence electrons. The Bertz CT molecular complexity index is 1010. The second-order valence-electron chi connectivity index (χ2n) is 7.47. The highest BCUT2D eigenvalue weighted by molar-refractivity contribution is 7.89. The fraction of sp³-hybridized carbons (Fsp3) is 0.409. The molecule has 31 heavy (non-hydrogen) atoms. The first-order chi connectivity index (χ1) is 14.9. The maximum atomic E-state index is 13.2. The minimum atomic E-state index is -3.69. The number of esters is 1. The van der Waals surface area contributed by atoms with Crippen LogP contribution in [0.4, 0.5) is 0 Å². The third kappa shape index (κ3) is 6.86. The second-order valence-corrected chi connectivity index (χ2v) is 9.23. The number of nitrogens with zero attached hydrogens (tertiary/aromatic N) is 2. The smallest absolute Gasteiger partial charge is 0.307 e. The predicted octanol–water partition coefficient (Wildman–Crippen LogP) is 2.37. The fourth-order valence-electron chi connectivity index (χ4n) is 3.04. The van der Waals surface area contributed by atoms with Crippen molar-refractivity contribution in [2.75, 3.05) is 19.7 Å². The standard InChI is InChI=1S/C22H27N3O5S/c1-2-30-21(26)10-12-25(16-18-5-4-11-23-14-18)22(27)19-6-3-7-20(13-19)31(28,29)24-15-17-8-9-17/h3-7,11,13-14,17,24H,2,8-10,12,15-16H2,1H3. The van der Waals surface area contributed by atoms with Gasteiger partial charge in [0.2, 0.25) is 10.0 Å². The minimum absolute atomic E-state index is 0.0424. The van der Waals surface area contributed by atoms with Gasteiger partial charge in [-0.1, -0.05) is 12.1 Å². The summed E-state index contributed by atoms with van der Waals surface area (Å²) in [5.41, 5.74) is 1.04. The van der Waals surface area contributed by atoms with Gasteiger partial charge in [0, 0.05) is 37.6 Å². The van der Waals surface area contributed by atoms with Crippen LogP contribution in [-0.2, 0) is 26.1 Å². The molecule has 3 rings (SSSR count). The molecule has 1 aliphatic rings. The van der Waals surface area contributed by atoms with Crippen molar-refractivity contribution in [3.8, 4) is 0 Å². The maximum Gasteiger partial charge on any atom is 0.307 e. The van der Waals surface area contributed by atoms with Crippen molar-refractivity contribution < 1.29 is 22.7 Å². The quantitative estimate of drug-likeness (QED) is 0.533. The van der Waals surface area contributed by atoms with E-state index in [0.717, 1.165) is 18.4 Å². The summed E-state index contributed by atoms with van der Waals surface area (Å²) >= 11 is 0. The van der Waals surface area contributed by atoms with Gasteiger partial charge >= 0.3 is 5.97 Å². The summed E-state index contributed by atoms with van der Waals surface area (Å²) in [6.07, 6.45) is 5.39. The van der Waals surface area contributed by atoms with Gasteiger partial charge in [-0.2, -0.15) is 0 Å². The average Bonchev–Trinajstić information content (AvgIpc) is 3.60. The Morgan fingerprint density at radius 2 is 2.03 bits per heavy atom. The van der Waals surface area contributed by atoms with Crippen LogP contribution >= 0.6 is 0 Å².